The molecule has 0 aliphatic rings. The maximum Gasteiger partial charge on any atom is 0.233 e. The highest BCUT2D eigenvalue weighted by molar-refractivity contribution is 7.10. The van der Waals surface area contributed by atoms with Crippen LogP contribution in [0.15, 0.2) is 72.1 Å². The van der Waals surface area contributed by atoms with E-state index in [-0.39, 0.29) is 18.5 Å². The molecule has 0 fully saturated rings. The molecule has 1 amide bonds. The predicted octanol–water partition coefficient (Wildman–Crippen LogP) is 3.79. The van der Waals surface area contributed by atoms with Gasteiger partial charge in [-0.3, -0.25) is 10.1 Å². The first-order chi connectivity index (χ1) is 13.3. The third kappa shape index (κ3) is 5.67. The molecule has 27 heavy (non-hydrogen) atoms. The number of methoxy groups -OCH3 is 1. The molecular weight excluding hydrogens is 356 g/mol. The van der Waals surface area contributed by atoms with Gasteiger partial charge in [-0.1, -0.05) is 48.5 Å². The Morgan fingerprint density at radius 3 is 2.48 bits per heavy atom. The summed E-state index contributed by atoms with van der Waals surface area (Å²) in [7, 11) is 1.65. The van der Waals surface area contributed by atoms with Crippen LogP contribution in [0.25, 0.3) is 0 Å². The van der Waals surface area contributed by atoms with Gasteiger partial charge in [0.2, 0.25) is 5.91 Å². The van der Waals surface area contributed by atoms with Crippen LogP contribution >= 0.6 is 11.3 Å². The Morgan fingerprint density at radius 2 is 1.81 bits per heavy atom. The van der Waals surface area contributed by atoms with Crippen LogP contribution in [-0.4, -0.2) is 26.1 Å². The molecule has 0 saturated carbocycles. The van der Waals surface area contributed by atoms with Crippen LogP contribution in [-0.2, 0) is 11.2 Å². The van der Waals surface area contributed by atoms with Gasteiger partial charge >= 0.3 is 0 Å². The van der Waals surface area contributed by atoms with Crippen LogP contribution in [0.4, 0.5) is 0 Å². The highest BCUT2D eigenvalue weighted by atomic mass is 32.1. The monoisotopic (exact) mass is 380 g/mol. The number of ether oxygens (including phenoxy) is 1. The molecule has 0 bridgehead atoms. The van der Waals surface area contributed by atoms with Gasteiger partial charge in [0.25, 0.3) is 0 Å². The Kier molecular flexibility index (Phi) is 7.02. The van der Waals surface area contributed by atoms with E-state index in [1.807, 2.05) is 48.5 Å². The van der Waals surface area contributed by atoms with Crippen molar-refractivity contribution in [3.8, 4) is 5.75 Å². The molecule has 0 aliphatic carbocycles. The minimum Gasteiger partial charge on any atom is -0.497 e. The van der Waals surface area contributed by atoms with Crippen molar-refractivity contribution >= 4 is 17.2 Å². The van der Waals surface area contributed by atoms with Gasteiger partial charge in [-0.05, 0) is 41.1 Å². The van der Waals surface area contributed by atoms with Crippen LogP contribution in [0.2, 0.25) is 0 Å². The fourth-order valence-electron chi connectivity index (χ4n) is 2.88. The summed E-state index contributed by atoms with van der Waals surface area (Å²) >= 11 is 1.69. The number of thiophene rings is 1. The zero-order chi connectivity index (χ0) is 18.9. The molecule has 3 aromatic rings. The largest absolute Gasteiger partial charge is 0.497 e. The number of benzene rings is 2. The number of rotatable bonds is 9. The molecule has 4 nitrogen and oxygen atoms in total. The summed E-state index contributed by atoms with van der Waals surface area (Å²) in [4.78, 5) is 13.4. The Hall–Kier alpha value is -2.63. The fraction of sp³-hybridized carbons (Fsp3) is 0.227. The fourth-order valence-corrected chi connectivity index (χ4v) is 3.71. The molecule has 1 aromatic heterocycles. The Morgan fingerprint density at radius 1 is 1.04 bits per heavy atom. The van der Waals surface area contributed by atoms with Gasteiger partial charge in [-0.2, -0.15) is 0 Å². The normalized spacial score (nSPS) is 11.7. The first kappa shape index (κ1) is 19.1. The lowest BCUT2D eigenvalue weighted by molar-refractivity contribution is -0.120. The van der Waals surface area contributed by atoms with Crippen LogP contribution < -0.4 is 15.4 Å². The van der Waals surface area contributed by atoms with Crippen molar-refractivity contribution in [3.05, 3.63) is 88.1 Å². The average molecular weight is 381 g/mol. The number of nitrogens with one attached hydrogen (secondary N) is 2. The van der Waals surface area contributed by atoms with E-state index in [2.05, 4.69) is 34.2 Å². The molecule has 0 spiro atoms. The standard InChI is InChI=1S/C22H24N2O2S/c1-26-19-11-9-17(10-12-19)13-14-23-21(25)16-24-22(20-8-5-15-27-20)18-6-3-2-4-7-18/h2-12,15,22,24H,13-14,16H2,1H3,(H,23,25)/t22-/m1/s1. The van der Waals surface area contributed by atoms with E-state index in [1.54, 1.807) is 18.4 Å². The van der Waals surface area contributed by atoms with E-state index in [4.69, 9.17) is 4.74 Å². The van der Waals surface area contributed by atoms with Crippen molar-refractivity contribution < 1.29 is 9.53 Å². The Bertz CT molecular complexity index is 817. The molecule has 0 radical (unpaired) electrons. The molecule has 3 rings (SSSR count). The number of hydrogen-bond donors (Lipinski definition) is 2. The van der Waals surface area contributed by atoms with E-state index in [0.29, 0.717) is 6.54 Å². The van der Waals surface area contributed by atoms with Crippen molar-refractivity contribution in [3.63, 3.8) is 0 Å². The zero-order valence-corrected chi connectivity index (χ0v) is 16.2. The van der Waals surface area contributed by atoms with Gasteiger partial charge in [-0.25, -0.2) is 0 Å². The van der Waals surface area contributed by atoms with Gasteiger partial charge < -0.3 is 10.1 Å². The van der Waals surface area contributed by atoms with E-state index in [0.717, 1.165) is 17.7 Å². The van der Waals surface area contributed by atoms with Crippen LogP contribution in [0.3, 0.4) is 0 Å². The van der Waals surface area contributed by atoms with E-state index in [1.165, 1.54) is 10.4 Å². The SMILES string of the molecule is COc1ccc(CCNC(=O)CN[C@H](c2ccccc2)c2cccs2)cc1. The molecule has 1 atom stereocenters. The van der Waals surface area contributed by atoms with Crippen molar-refractivity contribution in [2.75, 3.05) is 20.2 Å². The van der Waals surface area contributed by atoms with Crippen molar-refractivity contribution in [2.24, 2.45) is 0 Å². The Labute approximate surface area is 164 Å². The average Bonchev–Trinajstić information content (AvgIpc) is 3.24. The summed E-state index contributed by atoms with van der Waals surface area (Å²) in [5.74, 6) is 0.841. The lowest BCUT2D eigenvalue weighted by Crippen LogP contribution is -2.36. The van der Waals surface area contributed by atoms with Gasteiger partial charge in [0.05, 0.1) is 19.7 Å². The molecule has 2 aromatic carbocycles. The van der Waals surface area contributed by atoms with Crippen molar-refractivity contribution in [1.82, 2.24) is 10.6 Å². The maximum absolute atomic E-state index is 12.2. The highest BCUT2D eigenvalue weighted by Crippen LogP contribution is 2.25. The van der Waals surface area contributed by atoms with Crippen molar-refractivity contribution in [1.29, 1.82) is 0 Å². The number of amides is 1. The predicted molar refractivity (Wildman–Crippen MR) is 110 cm³/mol. The summed E-state index contributed by atoms with van der Waals surface area (Å²) in [5.41, 5.74) is 2.33. The first-order valence-electron chi connectivity index (χ1n) is 8.97. The lowest BCUT2D eigenvalue weighted by Gasteiger charge is -2.18. The third-order valence-electron chi connectivity index (χ3n) is 4.32. The molecule has 5 heteroatoms. The summed E-state index contributed by atoms with van der Waals surface area (Å²) < 4.78 is 5.16. The number of hydrogen-bond acceptors (Lipinski definition) is 4. The molecular formula is C22H24N2O2S. The van der Waals surface area contributed by atoms with Crippen LogP contribution in [0.1, 0.15) is 22.0 Å². The lowest BCUT2D eigenvalue weighted by atomic mass is 10.1. The quantitative estimate of drug-likeness (QED) is 0.594. The number of carbonyl (C=O) groups excluding carboxylic acids is 1. The van der Waals surface area contributed by atoms with Crippen LogP contribution in [0, 0.1) is 0 Å². The number of carbonyl (C=O) groups is 1. The van der Waals surface area contributed by atoms with Crippen LogP contribution in [0.5, 0.6) is 5.75 Å². The molecule has 140 valence electrons. The van der Waals surface area contributed by atoms with Gasteiger partial charge in [0, 0.05) is 11.4 Å². The molecule has 0 unspecified atom stereocenters. The summed E-state index contributed by atoms with van der Waals surface area (Å²) in [6, 6.07) is 22.3. The van der Waals surface area contributed by atoms with Gasteiger partial charge in [-0.15, -0.1) is 11.3 Å². The second-order valence-electron chi connectivity index (χ2n) is 6.19. The van der Waals surface area contributed by atoms with E-state index < -0.39 is 0 Å². The summed E-state index contributed by atoms with van der Waals surface area (Å²) in [6.07, 6.45) is 0.794. The Balaban J connectivity index is 1.49. The minimum absolute atomic E-state index is 0.000925. The smallest absolute Gasteiger partial charge is 0.233 e. The molecule has 0 saturated heterocycles. The maximum atomic E-state index is 12.2. The van der Waals surface area contributed by atoms with Gasteiger partial charge in [0.15, 0.2) is 0 Å². The molecule has 1 heterocycles. The summed E-state index contributed by atoms with van der Waals surface area (Å²) in [6.45, 7) is 0.891. The highest BCUT2D eigenvalue weighted by Gasteiger charge is 2.15. The third-order valence-corrected chi connectivity index (χ3v) is 5.26. The summed E-state index contributed by atoms with van der Waals surface area (Å²) in [5, 5.41) is 8.42. The topological polar surface area (TPSA) is 50.4 Å². The second kappa shape index (κ2) is 9.90. The molecule has 0 aliphatic heterocycles. The van der Waals surface area contributed by atoms with E-state index in [9.17, 15) is 4.79 Å². The van der Waals surface area contributed by atoms with Gasteiger partial charge in [0.1, 0.15) is 5.75 Å². The first-order valence-corrected chi connectivity index (χ1v) is 9.85. The molecule has 2 N–H and O–H groups in total. The zero-order valence-electron chi connectivity index (χ0n) is 15.4. The second-order valence-corrected chi connectivity index (χ2v) is 7.17. The van der Waals surface area contributed by atoms with E-state index >= 15 is 0 Å². The minimum atomic E-state index is 0.000925. The van der Waals surface area contributed by atoms with Crippen molar-refractivity contribution in [2.45, 2.75) is 12.5 Å².